The average Bonchev–Trinajstić information content (AvgIpc) is 2.55. The number of nitrogens with one attached hydrogen (secondary N) is 1. The summed E-state index contributed by atoms with van der Waals surface area (Å²) in [5.41, 5.74) is 0.752. The van der Waals surface area contributed by atoms with E-state index in [9.17, 15) is 14.0 Å². The van der Waals surface area contributed by atoms with Crippen LogP contribution in [-0.2, 0) is 9.53 Å². The first-order chi connectivity index (χ1) is 11.5. The summed E-state index contributed by atoms with van der Waals surface area (Å²) in [6.07, 6.45) is 1.29. The smallest absolute Gasteiger partial charge is 0.308 e. The third kappa shape index (κ3) is 5.03. The molecule has 7 heteroatoms. The van der Waals surface area contributed by atoms with Crippen LogP contribution in [0.15, 0.2) is 42.6 Å². The number of pyridine rings is 1. The van der Waals surface area contributed by atoms with Crippen LogP contribution in [0.2, 0.25) is 5.02 Å². The highest BCUT2D eigenvalue weighted by Crippen LogP contribution is 2.19. The molecule has 1 heterocycles. The van der Waals surface area contributed by atoms with Gasteiger partial charge in [0.05, 0.1) is 24.1 Å². The van der Waals surface area contributed by atoms with Crippen molar-refractivity contribution in [2.45, 2.75) is 19.4 Å². The first-order valence-electron chi connectivity index (χ1n) is 7.33. The molecule has 0 spiro atoms. The van der Waals surface area contributed by atoms with Gasteiger partial charge < -0.3 is 10.1 Å². The molecule has 1 N–H and O–H groups in total. The van der Waals surface area contributed by atoms with Crippen molar-refractivity contribution in [3.63, 3.8) is 0 Å². The molecule has 0 saturated heterocycles. The number of amides is 1. The number of benzene rings is 1. The number of halogens is 2. The number of carbonyl (C=O) groups is 2. The van der Waals surface area contributed by atoms with Gasteiger partial charge in [0.15, 0.2) is 0 Å². The second-order valence-electron chi connectivity index (χ2n) is 4.95. The number of nitrogens with zero attached hydrogens (tertiary/aromatic N) is 1. The number of ether oxygens (including phenoxy) is 1. The summed E-state index contributed by atoms with van der Waals surface area (Å²) in [7, 11) is 0. The van der Waals surface area contributed by atoms with Gasteiger partial charge in [0.2, 0.25) is 0 Å². The Morgan fingerprint density at radius 1 is 1.25 bits per heavy atom. The summed E-state index contributed by atoms with van der Waals surface area (Å²) in [6.45, 7) is 1.93. The highest BCUT2D eigenvalue weighted by molar-refractivity contribution is 6.30. The van der Waals surface area contributed by atoms with E-state index in [0.717, 1.165) is 0 Å². The van der Waals surface area contributed by atoms with E-state index in [4.69, 9.17) is 16.3 Å². The van der Waals surface area contributed by atoms with Crippen molar-refractivity contribution in [1.29, 1.82) is 0 Å². The minimum absolute atomic E-state index is 0.0706. The van der Waals surface area contributed by atoms with Gasteiger partial charge in [-0.25, -0.2) is 9.37 Å². The quantitative estimate of drug-likeness (QED) is 0.812. The first kappa shape index (κ1) is 17.9. The Morgan fingerprint density at radius 3 is 2.54 bits per heavy atom. The fourth-order valence-electron chi connectivity index (χ4n) is 2.08. The van der Waals surface area contributed by atoms with E-state index in [1.54, 1.807) is 13.0 Å². The molecule has 0 fully saturated rings. The molecular formula is C17H16ClFN2O3. The lowest BCUT2D eigenvalue weighted by Crippen LogP contribution is -2.31. The maximum Gasteiger partial charge on any atom is 0.308 e. The maximum atomic E-state index is 13.1. The second-order valence-corrected chi connectivity index (χ2v) is 5.38. The van der Waals surface area contributed by atoms with E-state index in [-0.39, 0.29) is 18.7 Å². The van der Waals surface area contributed by atoms with Crippen molar-refractivity contribution in [2.75, 3.05) is 6.61 Å². The third-order valence-corrected chi connectivity index (χ3v) is 3.44. The molecule has 1 atom stereocenters. The highest BCUT2D eigenvalue weighted by Gasteiger charge is 2.20. The zero-order chi connectivity index (χ0) is 17.5. The van der Waals surface area contributed by atoms with E-state index < -0.39 is 23.7 Å². The molecule has 24 heavy (non-hydrogen) atoms. The largest absolute Gasteiger partial charge is 0.466 e. The van der Waals surface area contributed by atoms with Crippen molar-refractivity contribution in [2.24, 2.45) is 0 Å². The SMILES string of the molecule is CCOC(=O)C[C@@H](NC(=O)c1ccc(Cl)cn1)c1ccc(F)cc1. The van der Waals surface area contributed by atoms with E-state index >= 15 is 0 Å². The third-order valence-electron chi connectivity index (χ3n) is 3.21. The van der Waals surface area contributed by atoms with Crippen LogP contribution >= 0.6 is 11.6 Å². The van der Waals surface area contributed by atoms with Crippen LogP contribution in [0.25, 0.3) is 0 Å². The Balaban J connectivity index is 2.18. The lowest BCUT2D eigenvalue weighted by Gasteiger charge is -2.18. The van der Waals surface area contributed by atoms with Crippen LogP contribution in [0.3, 0.4) is 0 Å². The summed E-state index contributed by atoms with van der Waals surface area (Å²) >= 11 is 5.75. The van der Waals surface area contributed by atoms with Crippen LogP contribution in [0.4, 0.5) is 4.39 Å². The Bertz CT molecular complexity index is 705. The molecule has 0 bridgehead atoms. The molecule has 0 unspecified atom stereocenters. The molecule has 5 nitrogen and oxygen atoms in total. The summed E-state index contributed by atoms with van der Waals surface area (Å²) in [5, 5.41) is 3.12. The monoisotopic (exact) mass is 350 g/mol. The molecule has 0 saturated carbocycles. The average molecular weight is 351 g/mol. The minimum Gasteiger partial charge on any atom is -0.466 e. The van der Waals surface area contributed by atoms with Crippen molar-refractivity contribution in [1.82, 2.24) is 10.3 Å². The second kappa shape index (κ2) is 8.40. The standard InChI is InChI=1S/C17H16ClFN2O3/c1-2-24-16(22)9-15(11-3-6-13(19)7-4-11)21-17(23)14-8-5-12(18)10-20-14/h3-8,10,15H,2,9H2,1H3,(H,21,23)/t15-/m1/s1. The fraction of sp³-hybridized carbons (Fsp3) is 0.235. The summed E-state index contributed by atoms with van der Waals surface area (Å²) in [6, 6.07) is 7.91. The van der Waals surface area contributed by atoms with Crippen LogP contribution in [-0.4, -0.2) is 23.5 Å². The number of hydrogen-bond acceptors (Lipinski definition) is 4. The molecule has 0 aliphatic carbocycles. The molecule has 2 rings (SSSR count). The van der Waals surface area contributed by atoms with Gasteiger partial charge >= 0.3 is 5.97 Å². The van der Waals surface area contributed by atoms with Crippen molar-refractivity contribution < 1.29 is 18.7 Å². The van der Waals surface area contributed by atoms with E-state index in [1.807, 2.05) is 0 Å². The van der Waals surface area contributed by atoms with Crippen LogP contribution in [0.5, 0.6) is 0 Å². The predicted octanol–water partition coefficient (Wildman–Crippen LogP) is 3.30. The Morgan fingerprint density at radius 2 is 1.96 bits per heavy atom. The summed E-state index contributed by atoms with van der Waals surface area (Å²) in [4.78, 5) is 28.0. The van der Waals surface area contributed by atoms with Gasteiger partial charge in [0, 0.05) is 6.20 Å². The molecular weight excluding hydrogens is 335 g/mol. The Hall–Kier alpha value is -2.47. The van der Waals surface area contributed by atoms with Crippen LogP contribution in [0, 0.1) is 5.82 Å². The number of hydrogen-bond donors (Lipinski definition) is 1. The molecule has 1 amide bonds. The molecule has 0 radical (unpaired) electrons. The molecule has 1 aromatic heterocycles. The van der Waals surface area contributed by atoms with Gasteiger partial charge in [-0.2, -0.15) is 0 Å². The van der Waals surface area contributed by atoms with E-state index in [0.29, 0.717) is 10.6 Å². The molecule has 0 aliphatic rings. The lowest BCUT2D eigenvalue weighted by atomic mass is 10.0. The van der Waals surface area contributed by atoms with Crippen molar-refractivity contribution >= 4 is 23.5 Å². The number of carbonyl (C=O) groups excluding carboxylic acids is 2. The first-order valence-corrected chi connectivity index (χ1v) is 7.71. The van der Waals surface area contributed by atoms with Crippen molar-refractivity contribution in [3.05, 3.63) is 64.7 Å². The number of rotatable bonds is 6. The topological polar surface area (TPSA) is 68.3 Å². The van der Waals surface area contributed by atoms with Gasteiger partial charge in [-0.15, -0.1) is 0 Å². The van der Waals surface area contributed by atoms with Crippen molar-refractivity contribution in [3.8, 4) is 0 Å². The predicted molar refractivity (Wildman–Crippen MR) is 87.1 cm³/mol. The normalized spacial score (nSPS) is 11.6. The van der Waals surface area contributed by atoms with Gasteiger partial charge in [-0.3, -0.25) is 9.59 Å². The fourth-order valence-corrected chi connectivity index (χ4v) is 2.19. The minimum atomic E-state index is -0.658. The highest BCUT2D eigenvalue weighted by atomic mass is 35.5. The number of esters is 1. The molecule has 1 aromatic carbocycles. The Kier molecular flexibility index (Phi) is 6.26. The number of aromatic nitrogens is 1. The zero-order valence-electron chi connectivity index (χ0n) is 13.0. The van der Waals surface area contributed by atoms with Gasteiger partial charge in [0.1, 0.15) is 11.5 Å². The van der Waals surface area contributed by atoms with Crippen LogP contribution < -0.4 is 5.32 Å². The van der Waals surface area contributed by atoms with E-state index in [1.165, 1.54) is 36.5 Å². The maximum absolute atomic E-state index is 13.1. The molecule has 2 aromatic rings. The Labute approximate surface area is 143 Å². The van der Waals surface area contributed by atoms with Gasteiger partial charge in [-0.1, -0.05) is 23.7 Å². The zero-order valence-corrected chi connectivity index (χ0v) is 13.7. The summed E-state index contributed by atoms with van der Waals surface area (Å²) < 4.78 is 18.0. The van der Waals surface area contributed by atoms with E-state index in [2.05, 4.69) is 10.3 Å². The van der Waals surface area contributed by atoms with Crippen LogP contribution in [0.1, 0.15) is 35.4 Å². The van der Waals surface area contributed by atoms with Gasteiger partial charge in [0.25, 0.3) is 5.91 Å². The molecule has 0 aliphatic heterocycles. The summed E-state index contributed by atoms with van der Waals surface area (Å²) in [5.74, 6) is -1.33. The lowest BCUT2D eigenvalue weighted by molar-refractivity contribution is -0.143. The molecule has 126 valence electrons. The van der Waals surface area contributed by atoms with Gasteiger partial charge in [-0.05, 0) is 36.8 Å².